The summed E-state index contributed by atoms with van der Waals surface area (Å²) in [5.74, 6) is 0. The SMILES string of the molecule is CCC(N)C(c1cccc(Cl)c1)N(C)C(C)(C)CC. The molecule has 3 heteroatoms. The van der Waals surface area contributed by atoms with Gasteiger partial charge in [-0.15, -0.1) is 0 Å². The van der Waals surface area contributed by atoms with Gasteiger partial charge in [-0.3, -0.25) is 4.90 Å². The van der Waals surface area contributed by atoms with E-state index in [0.29, 0.717) is 0 Å². The van der Waals surface area contributed by atoms with Crippen LogP contribution in [0.25, 0.3) is 0 Å². The fraction of sp³-hybridized carbons (Fsp3) is 0.625. The number of halogens is 1. The third-order valence-corrected chi connectivity index (χ3v) is 4.54. The highest BCUT2D eigenvalue weighted by molar-refractivity contribution is 6.30. The number of hydrogen-bond donors (Lipinski definition) is 1. The molecule has 0 fully saturated rings. The summed E-state index contributed by atoms with van der Waals surface area (Å²) in [6.07, 6.45) is 2.03. The fourth-order valence-electron chi connectivity index (χ4n) is 2.30. The van der Waals surface area contributed by atoms with E-state index in [2.05, 4.69) is 45.7 Å². The Kier molecular flexibility index (Phi) is 5.84. The van der Waals surface area contributed by atoms with Crippen molar-refractivity contribution in [2.75, 3.05) is 7.05 Å². The largest absolute Gasteiger partial charge is 0.326 e. The molecule has 108 valence electrons. The Morgan fingerprint density at radius 2 is 1.95 bits per heavy atom. The average molecular weight is 283 g/mol. The third kappa shape index (κ3) is 3.95. The van der Waals surface area contributed by atoms with Gasteiger partial charge in [-0.05, 0) is 51.4 Å². The van der Waals surface area contributed by atoms with E-state index < -0.39 is 0 Å². The molecule has 0 radical (unpaired) electrons. The first-order valence-electron chi connectivity index (χ1n) is 7.07. The Balaban J connectivity index is 3.15. The summed E-state index contributed by atoms with van der Waals surface area (Å²) in [4.78, 5) is 2.38. The molecular weight excluding hydrogens is 256 g/mol. The minimum atomic E-state index is 0.106. The summed E-state index contributed by atoms with van der Waals surface area (Å²) in [7, 11) is 2.16. The highest BCUT2D eigenvalue weighted by atomic mass is 35.5. The van der Waals surface area contributed by atoms with Crippen molar-refractivity contribution in [2.45, 2.75) is 58.2 Å². The average Bonchev–Trinajstić information content (AvgIpc) is 2.38. The number of hydrogen-bond acceptors (Lipinski definition) is 2. The van der Waals surface area contributed by atoms with E-state index >= 15 is 0 Å². The summed E-state index contributed by atoms with van der Waals surface area (Å²) in [5, 5.41) is 0.772. The van der Waals surface area contributed by atoms with Gasteiger partial charge < -0.3 is 5.73 Å². The minimum absolute atomic E-state index is 0.106. The highest BCUT2D eigenvalue weighted by Gasteiger charge is 2.32. The maximum atomic E-state index is 6.37. The van der Waals surface area contributed by atoms with Crippen LogP contribution < -0.4 is 5.73 Å². The Morgan fingerprint density at radius 1 is 1.32 bits per heavy atom. The van der Waals surface area contributed by atoms with Crippen LogP contribution in [0.15, 0.2) is 24.3 Å². The summed E-state index contributed by atoms with van der Waals surface area (Å²) in [6, 6.07) is 8.36. The van der Waals surface area contributed by atoms with Crippen molar-refractivity contribution in [3.05, 3.63) is 34.9 Å². The lowest BCUT2D eigenvalue weighted by Crippen LogP contribution is -2.48. The highest BCUT2D eigenvalue weighted by Crippen LogP contribution is 2.32. The van der Waals surface area contributed by atoms with Gasteiger partial charge in [0.2, 0.25) is 0 Å². The topological polar surface area (TPSA) is 29.3 Å². The molecule has 1 rings (SSSR count). The van der Waals surface area contributed by atoms with Gasteiger partial charge in [0, 0.05) is 16.6 Å². The second-order valence-electron chi connectivity index (χ2n) is 5.85. The van der Waals surface area contributed by atoms with Crippen molar-refractivity contribution in [1.82, 2.24) is 4.90 Å². The molecule has 19 heavy (non-hydrogen) atoms. The first kappa shape index (κ1) is 16.5. The van der Waals surface area contributed by atoms with Crippen molar-refractivity contribution >= 4 is 11.6 Å². The van der Waals surface area contributed by atoms with Crippen molar-refractivity contribution in [2.24, 2.45) is 5.73 Å². The first-order chi connectivity index (χ1) is 8.83. The summed E-state index contributed by atoms with van der Waals surface area (Å²) < 4.78 is 0. The van der Waals surface area contributed by atoms with E-state index in [1.54, 1.807) is 0 Å². The molecule has 1 aromatic rings. The summed E-state index contributed by atoms with van der Waals surface area (Å²) in [5.41, 5.74) is 7.68. The van der Waals surface area contributed by atoms with Crippen LogP contribution in [0.1, 0.15) is 52.1 Å². The third-order valence-electron chi connectivity index (χ3n) is 4.30. The zero-order valence-electron chi connectivity index (χ0n) is 12.8. The molecule has 1 aromatic carbocycles. The second-order valence-corrected chi connectivity index (χ2v) is 6.29. The number of nitrogens with two attached hydrogens (primary N) is 1. The van der Waals surface area contributed by atoms with Crippen LogP contribution in [0.3, 0.4) is 0 Å². The van der Waals surface area contributed by atoms with Crippen molar-refractivity contribution < 1.29 is 0 Å². The van der Waals surface area contributed by atoms with Crippen molar-refractivity contribution in [3.8, 4) is 0 Å². The van der Waals surface area contributed by atoms with Crippen LogP contribution >= 0.6 is 11.6 Å². The van der Waals surface area contributed by atoms with Gasteiger partial charge in [-0.25, -0.2) is 0 Å². The fourth-order valence-corrected chi connectivity index (χ4v) is 2.50. The lowest BCUT2D eigenvalue weighted by atomic mass is 9.90. The smallest absolute Gasteiger partial charge is 0.0501 e. The molecule has 0 amide bonds. The lowest BCUT2D eigenvalue weighted by Gasteiger charge is -2.43. The Hall–Kier alpha value is -0.570. The van der Waals surface area contributed by atoms with Gasteiger partial charge in [0.25, 0.3) is 0 Å². The van der Waals surface area contributed by atoms with Crippen LogP contribution in [-0.4, -0.2) is 23.5 Å². The number of rotatable bonds is 6. The van der Waals surface area contributed by atoms with E-state index in [9.17, 15) is 0 Å². The molecule has 2 N–H and O–H groups in total. The monoisotopic (exact) mass is 282 g/mol. The molecule has 0 aromatic heterocycles. The van der Waals surface area contributed by atoms with Crippen LogP contribution in [0.5, 0.6) is 0 Å². The van der Waals surface area contributed by atoms with E-state index in [1.165, 1.54) is 5.56 Å². The first-order valence-corrected chi connectivity index (χ1v) is 7.45. The lowest BCUT2D eigenvalue weighted by molar-refractivity contribution is 0.0806. The van der Waals surface area contributed by atoms with Crippen LogP contribution in [0, 0.1) is 0 Å². The van der Waals surface area contributed by atoms with Gasteiger partial charge in [0.05, 0.1) is 6.04 Å². The van der Waals surface area contributed by atoms with Gasteiger partial charge in [-0.1, -0.05) is 37.6 Å². The molecule has 0 heterocycles. The molecule has 2 nitrogen and oxygen atoms in total. The molecular formula is C16H27ClN2. The molecule has 0 saturated carbocycles. The van der Waals surface area contributed by atoms with Crippen LogP contribution in [-0.2, 0) is 0 Å². The summed E-state index contributed by atoms with van der Waals surface area (Å²) in [6.45, 7) is 8.86. The van der Waals surface area contributed by atoms with Gasteiger partial charge >= 0.3 is 0 Å². The minimum Gasteiger partial charge on any atom is -0.326 e. The molecule has 0 bridgehead atoms. The standard InChI is InChI=1S/C16H27ClN2/c1-6-14(18)15(19(5)16(3,4)7-2)12-9-8-10-13(17)11-12/h8-11,14-15H,6-7,18H2,1-5H3. The molecule has 0 aliphatic heterocycles. The Labute approximate surface area is 122 Å². The number of benzene rings is 1. The normalized spacial score (nSPS) is 15.6. The van der Waals surface area contributed by atoms with E-state index in [4.69, 9.17) is 17.3 Å². The molecule has 0 aliphatic carbocycles. The van der Waals surface area contributed by atoms with Crippen LogP contribution in [0.4, 0.5) is 0 Å². The van der Waals surface area contributed by atoms with E-state index in [-0.39, 0.29) is 17.6 Å². The zero-order valence-corrected chi connectivity index (χ0v) is 13.5. The molecule has 0 aliphatic rings. The molecule has 2 atom stereocenters. The predicted octanol–water partition coefficient (Wildman–Crippen LogP) is 4.24. The number of likely N-dealkylation sites (N-methyl/N-ethyl adjacent to an activating group) is 1. The maximum absolute atomic E-state index is 6.37. The molecule has 0 saturated heterocycles. The number of nitrogens with zero attached hydrogens (tertiary/aromatic N) is 1. The quantitative estimate of drug-likeness (QED) is 0.846. The van der Waals surface area contributed by atoms with Crippen molar-refractivity contribution in [3.63, 3.8) is 0 Å². The van der Waals surface area contributed by atoms with Gasteiger partial charge in [-0.2, -0.15) is 0 Å². The van der Waals surface area contributed by atoms with Crippen molar-refractivity contribution in [1.29, 1.82) is 0 Å². The predicted molar refractivity (Wildman–Crippen MR) is 84.6 cm³/mol. The maximum Gasteiger partial charge on any atom is 0.0501 e. The molecule has 0 spiro atoms. The van der Waals surface area contributed by atoms with Gasteiger partial charge in [0.15, 0.2) is 0 Å². The Bertz CT molecular complexity index is 403. The molecule has 2 unspecified atom stereocenters. The second kappa shape index (κ2) is 6.74. The summed E-state index contributed by atoms with van der Waals surface area (Å²) >= 11 is 6.13. The Morgan fingerprint density at radius 3 is 2.42 bits per heavy atom. The van der Waals surface area contributed by atoms with Crippen LogP contribution in [0.2, 0.25) is 5.02 Å². The van der Waals surface area contributed by atoms with E-state index in [0.717, 1.165) is 17.9 Å². The zero-order chi connectivity index (χ0) is 14.6. The van der Waals surface area contributed by atoms with E-state index in [1.807, 2.05) is 18.2 Å². The van der Waals surface area contributed by atoms with Gasteiger partial charge in [0.1, 0.15) is 0 Å².